The van der Waals surface area contributed by atoms with Gasteiger partial charge < -0.3 is 15.0 Å². The molecule has 6 nitrogen and oxygen atoms in total. The molecule has 1 aromatic carbocycles. The standard InChI is InChI=1S/C16H20N4O2S/c1-2-17-15-12-5-3-4-6-13(12)18-16(19-15)23-11-14(21)20-7-9-22-10-8-20/h3-6H,2,7-11H2,1H3,(H,17,18,19). The lowest BCUT2D eigenvalue weighted by Gasteiger charge is -2.26. The zero-order valence-corrected chi connectivity index (χ0v) is 13.9. The number of aromatic nitrogens is 2. The summed E-state index contributed by atoms with van der Waals surface area (Å²) in [5.41, 5.74) is 0.889. The Balaban J connectivity index is 1.73. The molecule has 1 N–H and O–H groups in total. The molecular formula is C16H20N4O2S. The summed E-state index contributed by atoms with van der Waals surface area (Å²) in [6.07, 6.45) is 0. The molecule has 2 heterocycles. The summed E-state index contributed by atoms with van der Waals surface area (Å²) in [4.78, 5) is 23.2. The summed E-state index contributed by atoms with van der Waals surface area (Å²) < 4.78 is 5.27. The van der Waals surface area contributed by atoms with Gasteiger partial charge in [-0.1, -0.05) is 23.9 Å². The Hall–Kier alpha value is -1.86. The van der Waals surface area contributed by atoms with Crippen molar-refractivity contribution in [1.82, 2.24) is 14.9 Å². The Morgan fingerprint density at radius 1 is 1.30 bits per heavy atom. The molecule has 0 aliphatic carbocycles. The number of anilines is 1. The van der Waals surface area contributed by atoms with Crippen molar-refractivity contribution < 1.29 is 9.53 Å². The van der Waals surface area contributed by atoms with Gasteiger partial charge >= 0.3 is 0 Å². The van der Waals surface area contributed by atoms with E-state index < -0.39 is 0 Å². The molecule has 0 unspecified atom stereocenters. The Labute approximate surface area is 139 Å². The Kier molecular flexibility index (Phi) is 5.30. The monoisotopic (exact) mass is 332 g/mol. The van der Waals surface area contributed by atoms with Crippen molar-refractivity contribution in [3.63, 3.8) is 0 Å². The topological polar surface area (TPSA) is 67.4 Å². The molecule has 1 saturated heterocycles. The number of amides is 1. The van der Waals surface area contributed by atoms with Crippen LogP contribution in [0.15, 0.2) is 29.4 Å². The van der Waals surface area contributed by atoms with E-state index in [1.165, 1.54) is 11.8 Å². The number of hydrogen-bond acceptors (Lipinski definition) is 6. The highest BCUT2D eigenvalue weighted by Gasteiger charge is 2.17. The predicted molar refractivity (Wildman–Crippen MR) is 91.8 cm³/mol. The normalized spacial score (nSPS) is 14.9. The number of hydrogen-bond donors (Lipinski definition) is 1. The number of carbonyl (C=O) groups excluding carboxylic acids is 1. The van der Waals surface area contributed by atoms with Gasteiger partial charge in [0.15, 0.2) is 5.16 Å². The van der Waals surface area contributed by atoms with Crippen molar-refractivity contribution in [2.24, 2.45) is 0 Å². The minimum atomic E-state index is 0.111. The Morgan fingerprint density at radius 2 is 2.09 bits per heavy atom. The van der Waals surface area contributed by atoms with Gasteiger partial charge in [0, 0.05) is 25.0 Å². The fraction of sp³-hybridized carbons (Fsp3) is 0.438. The van der Waals surface area contributed by atoms with Crippen molar-refractivity contribution in [2.45, 2.75) is 12.1 Å². The first-order chi connectivity index (χ1) is 11.3. The van der Waals surface area contributed by atoms with E-state index >= 15 is 0 Å². The van der Waals surface area contributed by atoms with E-state index in [9.17, 15) is 4.79 Å². The van der Waals surface area contributed by atoms with Crippen LogP contribution in [-0.2, 0) is 9.53 Å². The van der Waals surface area contributed by atoms with Gasteiger partial charge in [0.05, 0.1) is 24.5 Å². The van der Waals surface area contributed by atoms with Gasteiger partial charge in [-0.05, 0) is 19.1 Å². The lowest BCUT2D eigenvalue weighted by molar-refractivity contribution is -0.132. The lowest BCUT2D eigenvalue weighted by Crippen LogP contribution is -2.41. The van der Waals surface area contributed by atoms with Crippen LogP contribution in [0.25, 0.3) is 10.9 Å². The van der Waals surface area contributed by atoms with Gasteiger partial charge in [-0.3, -0.25) is 4.79 Å². The van der Waals surface area contributed by atoms with Gasteiger partial charge in [-0.15, -0.1) is 0 Å². The molecule has 7 heteroatoms. The zero-order chi connectivity index (χ0) is 16.1. The molecule has 0 radical (unpaired) electrons. The van der Waals surface area contributed by atoms with Crippen LogP contribution in [0.3, 0.4) is 0 Å². The number of carbonyl (C=O) groups is 1. The van der Waals surface area contributed by atoms with E-state index in [1.807, 2.05) is 36.1 Å². The van der Waals surface area contributed by atoms with Crippen LogP contribution < -0.4 is 5.32 Å². The van der Waals surface area contributed by atoms with E-state index in [2.05, 4.69) is 15.3 Å². The van der Waals surface area contributed by atoms with Crippen LogP contribution in [0.5, 0.6) is 0 Å². The average molecular weight is 332 g/mol. The first-order valence-corrected chi connectivity index (χ1v) is 8.75. The van der Waals surface area contributed by atoms with Crippen LogP contribution in [0.4, 0.5) is 5.82 Å². The van der Waals surface area contributed by atoms with Crippen LogP contribution in [0.2, 0.25) is 0 Å². The first-order valence-electron chi connectivity index (χ1n) is 7.77. The number of rotatable bonds is 5. The summed E-state index contributed by atoms with van der Waals surface area (Å²) in [6, 6.07) is 7.89. The highest BCUT2D eigenvalue weighted by molar-refractivity contribution is 7.99. The van der Waals surface area contributed by atoms with Crippen molar-refractivity contribution in [2.75, 3.05) is 43.9 Å². The van der Waals surface area contributed by atoms with Crippen molar-refractivity contribution in [3.8, 4) is 0 Å². The second-order valence-electron chi connectivity index (χ2n) is 5.18. The maximum atomic E-state index is 12.2. The number of benzene rings is 1. The Bertz CT molecular complexity index is 689. The smallest absolute Gasteiger partial charge is 0.233 e. The molecule has 0 bridgehead atoms. The van der Waals surface area contributed by atoms with Crippen LogP contribution >= 0.6 is 11.8 Å². The highest BCUT2D eigenvalue weighted by atomic mass is 32.2. The van der Waals surface area contributed by atoms with Crippen molar-refractivity contribution >= 4 is 34.4 Å². The zero-order valence-electron chi connectivity index (χ0n) is 13.1. The van der Waals surface area contributed by atoms with Crippen LogP contribution in [0, 0.1) is 0 Å². The summed E-state index contributed by atoms with van der Waals surface area (Å²) in [5, 5.41) is 4.89. The molecule has 1 aliphatic rings. The quantitative estimate of drug-likeness (QED) is 0.667. The molecule has 1 aromatic heterocycles. The molecule has 2 aromatic rings. The largest absolute Gasteiger partial charge is 0.378 e. The van der Waals surface area contributed by atoms with Crippen molar-refractivity contribution in [1.29, 1.82) is 0 Å². The molecule has 122 valence electrons. The molecular weight excluding hydrogens is 312 g/mol. The van der Waals surface area contributed by atoms with Gasteiger partial charge in [0.1, 0.15) is 5.82 Å². The molecule has 23 heavy (non-hydrogen) atoms. The summed E-state index contributed by atoms with van der Waals surface area (Å²) in [6.45, 7) is 5.39. The molecule has 1 fully saturated rings. The molecule has 0 spiro atoms. The highest BCUT2D eigenvalue weighted by Crippen LogP contribution is 2.24. The summed E-state index contributed by atoms with van der Waals surface area (Å²) >= 11 is 1.38. The van der Waals surface area contributed by atoms with Gasteiger partial charge in [0.25, 0.3) is 0 Å². The first kappa shape index (κ1) is 16.0. The van der Waals surface area contributed by atoms with Crippen molar-refractivity contribution in [3.05, 3.63) is 24.3 Å². The third-order valence-corrected chi connectivity index (χ3v) is 4.45. The number of morpholine rings is 1. The third-order valence-electron chi connectivity index (χ3n) is 3.62. The number of para-hydroxylation sites is 1. The summed E-state index contributed by atoms with van der Waals surface area (Å²) in [5.74, 6) is 1.28. The van der Waals surface area contributed by atoms with E-state index in [0.29, 0.717) is 37.2 Å². The van der Waals surface area contributed by atoms with E-state index in [0.717, 1.165) is 23.3 Å². The van der Waals surface area contributed by atoms with E-state index in [-0.39, 0.29) is 5.91 Å². The number of nitrogens with zero attached hydrogens (tertiary/aromatic N) is 3. The lowest BCUT2D eigenvalue weighted by atomic mass is 10.2. The second kappa shape index (κ2) is 7.61. The SMILES string of the molecule is CCNc1nc(SCC(=O)N2CCOCC2)nc2ccccc12. The average Bonchev–Trinajstić information content (AvgIpc) is 2.61. The van der Waals surface area contributed by atoms with E-state index in [4.69, 9.17) is 4.74 Å². The minimum absolute atomic E-state index is 0.111. The van der Waals surface area contributed by atoms with E-state index in [1.54, 1.807) is 0 Å². The Morgan fingerprint density at radius 3 is 2.87 bits per heavy atom. The molecule has 3 rings (SSSR count). The molecule has 1 amide bonds. The minimum Gasteiger partial charge on any atom is -0.378 e. The molecule has 0 saturated carbocycles. The third kappa shape index (κ3) is 3.92. The number of ether oxygens (including phenoxy) is 1. The van der Waals surface area contributed by atoms with Crippen LogP contribution in [-0.4, -0.2) is 59.4 Å². The van der Waals surface area contributed by atoms with Gasteiger partial charge in [-0.25, -0.2) is 9.97 Å². The fourth-order valence-electron chi connectivity index (χ4n) is 2.45. The maximum absolute atomic E-state index is 12.2. The van der Waals surface area contributed by atoms with Gasteiger partial charge in [-0.2, -0.15) is 0 Å². The second-order valence-corrected chi connectivity index (χ2v) is 6.13. The summed E-state index contributed by atoms with van der Waals surface area (Å²) in [7, 11) is 0. The van der Waals surface area contributed by atoms with Crippen LogP contribution in [0.1, 0.15) is 6.92 Å². The maximum Gasteiger partial charge on any atom is 0.233 e. The molecule has 0 atom stereocenters. The fourth-order valence-corrected chi connectivity index (χ4v) is 3.21. The number of nitrogens with one attached hydrogen (secondary N) is 1. The van der Waals surface area contributed by atoms with Gasteiger partial charge in [0.2, 0.25) is 5.91 Å². The number of thioether (sulfide) groups is 1. The predicted octanol–water partition coefficient (Wildman–Crippen LogP) is 2.01. The molecule has 1 aliphatic heterocycles. The number of fused-ring (bicyclic) bond motifs is 1.